The molecule has 2 atom stereocenters. The molecule has 2 rings (SSSR count). The first-order chi connectivity index (χ1) is 7.59. The van der Waals surface area contributed by atoms with Gasteiger partial charge < -0.3 is 11.1 Å². The maximum atomic E-state index is 6.02. The lowest BCUT2D eigenvalue weighted by atomic mass is 9.86. The molecule has 0 radical (unpaired) electrons. The first kappa shape index (κ1) is 11.3. The molecule has 0 aromatic carbocycles. The number of hydrogen-bond donors (Lipinski definition) is 2. The maximum absolute atomic E-state index is 6.02. The van der Waals surface area contributed by atoms with Crippen LogP contribution in [0.4, 0.5) is 11.5 Å². The third-order valence-electron chi connectivity index (χ3n) is 3.70. The second kappa shape index (κ2) is 4.36. The van der Waals surface area contributed by atoms with Gasteiger partial charge in [-0.3, -0.25) is 4.68 Å². The number of anilines is 2. The van der Waals surface area contributed by atoms with Crippen molar-refractivity contribution in [3.63, 3.8) is 0 Å². The van der Waals surface area contributed by atoms with E-state index in [1.165, 1.54) is 25.7 Å². The molecular formula is C12H22N4. The van der Waals surface area contributed by atoms with E-state index >= 15 is 0 Å². The van der Waals surface area contributed by atoms with E-state index in [1.807, 2.05) is 18.7 Å². The first-order valence-corrected chi connectivity index (χ1v) is 6.15. The molecular weight excluding hydrogens is 200 g/mol. The van der Waals surface area contributed by atoms with Crippen LogP contribution in [0.5, 0.6) is 0 Å². The number of nitrogens with two attached hydrogens (primary N) is 1. The summed E-state index contributed by atoms with van der Waals surface area (Å²) in [6.07, 6.45) is 5.23. The smallest absolute Gasteiger partial charge is 0.147 e. The van der Waals surface area contributed by atoms with E-state index in [-0.39, 0.29) is 0 Å². The van der Waals surface area contributed by atoms with Gasteiger partial charge in [0.15, 0.2) is 0 Å². The number of nitrogen functional groups attached to an aromatic ring is 1. The van der Waals surface area contributed by atoms with Crippen molar-refractivity contribution in [1.29, 1.82) is 0 Å². The molecule has 0 aliphatic heterocycles. The van der Waals surface area contributed by atoms with Gasteiger partial charge in [-0.1, -0.05) is 19.8 Å². The van der Waals surface area contributed by atoms with Crippen LogP contribution in [0.15, 0.2) is 0 Å². The Bertz CT molecular complexity index is 369. The molecule has 1 aromatic rings. The summed E-state index contributed by atoms with van der Waals surface area (Å²) in [6, 6.07) is 0.547. The summed E-state index contributed by atoms with van der Waals surface area (Å²) in [7, 11) is 1.94. The molecule has 0 spiro atoms. The topological polar surface area (TPSA) is 55.9 Å². The molecule has 1 aliphatic carbocycles. The Balaban J connectivity index is 2.13. The lowest BCUT2D eigenvalue weighted by molar-refractivity contribution is 0.348. The highest BCUT2D eigenvalue weighted by Crippen LogP contribution is 2.29. The second-order valence-corrected chi connectivity index (χ2v) is 4.98. The fourth-order valence-electron chi connectivity index (χ4n) is 2.55. The van der Waals surface area contributed by atoms with Crippen LogP contribution in [0.2, 0.25) is 0 Å². The zero-order valence-corrected chi connectivity index (χ0v) is 10.5. The van der Waals surface area contributed by atoms with Gasteiger partial charge in [0.05, 0.1) is 11.4 Å². The van der Waals surface area contributed by atoms with Crippen molar-refractivity contribution in [1.82, 2.24) is 9.78 Å². The van der Waals surface area contributed by atoms with E-state index in [0.29, 0.717) is 6.04 Å². The van der Waals surface area contributed by atoms with E-state index in [4.69, 9.17) is 5.73 Å². The summed E-state index contributed by atoms with van der Waals surface area (Å²) in [6.45, 7) is 4.26. The summed E-state index contributed by atoms with van der Waals surface area (Å²) in [4.78, 5) is 0. The summed E-state index contributed by atoms with van der Waals surface area (Å²) < 4.78 is 1.85. The average Bonchev–Trinajstić information content (AvgIpc) is 2.48. The van der Waals surface area contributed by atoms with Gasteiger partial charge in [0.2, 0.25) is 0 Å². The Labute approximate surface area is 97.2 Å². The normalized spacial score (nSPS) is 25.7. The van der Waals surface area contributed by atoms with Crippen LogP contribution < -0.4 is 11.1 Å². The molecule has 1 heterocycles. The third kappa shape index (κ3) is 2.01. The van der Waals surface area contributed by atoms with Gasteiger partial charge in [0, 0.05) is 13.1 Å². The number of rotatable bonds is 2. The molecule has 1 aliphatic rings. The minimum Gasteiger partial charge on any atom is -0.394 e. The molecule has 90 valence electrons. The Hall–Kier alpha value is -1.19. The molecule has 1 aromatic heterocycles. The largest absolute Gasteiger partial charge is 0.394 e. The van der Waals surface area contributed by atoms with Gasteiger partial charge in [-0.2, -0.15) is 5.10 Å². The molecule has 16 heavy (non-hydrogen) atoms. The van der Waals surface area contributed by atoms with E-state index < -0.39 is 0 Å². The lowest BCUT2D eigenvalue weighted by Crippen LogP contribution is -2.31. The van der Waals surface area contributed by atoms with Crippen LogP contribution in [0.25, 0.3) is 0 Å². The van der Waals surface area contributed by atoms with Crippen LogP contribution in [0, 0.1) is 12.8 Å². The number of nitrogens with zero attached hydrogens (tertiary/aromatic N) is 2. The molecule has 0 saturated heterocycles. The quantitative estimate of drug-likeness (QED) is 0.807. The van der Waals surface area contributed by atoms with Crippen molar-refractivity contribution in [3.8, 4) is 0 Å². The van der Waals surface area contributed by atoms with Crippen LogP contribution >= 0.6 is 0 Å². The highest BCUT2D eigenvalue weighted by molar-refractivity contribution is 5.65. The van der Waals surface area contributed by atoms with Crippen LogP contribution in [-0.2, 0) is 7.05 Å². The van der Waals surface area contributed by atoms with Gasteiger partial charge >= 0.3 is 0 Å². The van der Waals surface area contributed by atoms with Crippen molar-refractivity contribution in [3.05, 3.63) is 5.69 Å². The average molecular weight is 222 g/mol. The van der Waals surface area contributed by atoms with Gasteiger partial charge in [0.25, 0.3) is 0 Å². The number of nitrogens with one attached hydrogen (secondary N) is 1. The molecule has 1 fully saturated rings. The monoisotopic (exact) mass is 222 g/mol. The van der Waals surface area contributed by atoms with E-state index in [9.17, 15) is 0 Å². The molecule has 4 nitrogen and oxygen atoms in total. The van der Waals surface area contributed by atoms with Crippen LogP contribution in [0.1, 0.15) is 38.3 Å². The summed E-state index contributed by atoms with van der Waals surface area (Å²) in [5.74, 6) is 1.71. The molecule has 0 amide bonds. The molecule has 1 saturated carbocycles. The zero-order chi connectivity index (χ0) is 11.7. The fraction of sp³-hybridized carbons (Fsp3) is 0.750. The Kier molecular flexibility index (Phi) is 3.08. The highest BCUT2D eigenvalue weighted by Gasteiger charge is 2.23. The van der Waals surface area contributed by atoms with Gasteiger partial charge in [0.1, 0.15) is 5.82 Å². The van der Waals surface area contributed by atoms with Crippen LogP contribution in [0.3, 0.4) is 0 Å². The lowest BCUT2D eigenvalue weighted by Gasteiger charge is -2.30. The Morgan fingerprint density at radius 3 is 2.62 bits per heavy atom. The van der Waals surface area contributed by atoms with Crippen molar-refractivity contribution in [2.24, 2.45) is 13.0 Å². The second-order valence-electron chi connectivity index (χ2n) is 4.98. The maximum Gasteiger partial charge on any atom is 0.147 e. The molecule has 0 bridgehead atoms. The molecule has 3 N–H and O–H groups in total. The molecule has 4 heteroatoms. The summed E-state index contributed by atoms with van der Waals surface area (Å²) in [5, 5.41) is 7.89. The summed E-state index contributed by atoms with van der Waals surface area (Å²) in [5.41, 5.74) is 7.72. The van der Waals surface area contributed by atoms with Crippen molar-refractivity contribution >= 4 is 11.5 Å². The number of hydrogen-bond acceptors (Lipinski definition) is 3. The van der Waals surface area contributed by atoms with Gasteiger partial charge in [-0.25, -0.2) is 0 Å². The van der Waals surface area contributed by atoms with E-state index in [0.717, 1.165) is 23.1 Å². The number of aromatic nitrogens is 2. The Morgan fingerprint density at radius 2 is 2.06 bits per heavy atom. The molecule has 2 unspecified atom stereocenters. The zero-order valence-electron chi connectivity index (χ0n) is 10.5. The predicted octanol–water partition coefficient (Wildman–Crippen LogP) is 2.30. The van der Waals surface area contributed by atoms with E-state index in [1.54, 1.807) is 0 Å². The van der Waals surface area contributed by atoms with E-state index in [2.05, 4.69) is 17.3 Å². The van der Waals surface area contributed by atoms with Crippen molar-refractivity contribution in [2.75, 3.05) is 11.1 Å². The van der Waals surface area contributed by atoms with Crippen LogP contribution in [-0.4, -0.2) is 15.8 Å². The number of aryl methyl sites for hydroxylation is 2. The Morgan fingerprint density at radius 1 is 1.38 bits per heavy atom. The van der Waals surface area contributed by atoms with Crippen molar-refractivity contribution in [2.45, 2.75) is 45.6 Å². The van der Waals surface area contributed by atoms with Crippen molar-refractivity contribution < 1.29 is 0 Å². The summed E-state index contributed by atoms with van der Waals surface area (Å²) >= 11 is 0. The SMILES string of the molecule is Cc1nn(C)c(NC2CCCCC2C)c1N. The fourth-order valence-corrected chi connectivity index (χ4v) is 2.55. The van der Waals surface area contributed by atoms with Gasteiger partial charge in [-0.05, 0) is 25.7 Å². The third-order valence-corrected chi connectivity index (χ3v) is 3.70. The minimum absolute atomic E-state index is 0.547. The standard InChI is InChI=1S/C12H22N4/c1-8-6-4-5-7-10(8)14-12-11(13)9(2)15-16(12)3/h8,10,14H,4-7,13H2,1-3H3. The first-order valence-electron chi connectivity index (χ1n) is 6.15. The highest BCUT2D eigenvalue weighted by atomic mass is 15.3. The predicted molar refractivity (Wildman–Crippen MR) is 67.4 cm³/mol. The van der Waals surface area contributed by atoms with Gasteiger partial charge in [-0.15, -0.1) is 0 Å². The minimum atomic E-state index is 0.547.